The molecule has 78 valence electrons. The third kappa shape index (κ3) is 1.31. The molecule has 8 nitrogen and oxygen atoms in total. The number of imidazole rings is 1. The number of fused-ring (bicyclic) bond motifs is 1. The van der Waals surface area contributed by atoms with Gasteiger partial charge in [0.2, 0.25) is 0 Å². The number of methoxy groups -OCH3 is 1. The summed E-state index contributed by atoms with van der Waals surface area (Å²) in [7, 11) is 1.18. The van der Waals surface area contributed by atoms with E-state index in [1.165, 1.54) is 7.11 Å². The van der Waals surface area contributed by atoms with Crippen molar-refractivity contribution in [2.75, 3.05) is 7.11 Å². The SMILES string of the molecule is COC(=O)n1cnc2c(=O)[nH]c(=O)[nH]c21. The van der Waals surface area contributed by atoms with Crippen LogP contribution in [0, 0.1) is 0 Å². The number of ether oxygens (including phenoxy) is 1. The molecule has 0 spiro atoms. The van der Waals surface area contributed by atoms with Gasteiger partial charge in [-0.2, -0.15) is 0 Å². The topological polar surface area (TPSA) is 110 Å². The summed E-state index contributed by atoms with van der Waals surface area (Å²) in [4.78, 5) is 41.3. The lowest BCUT2D eigenvalue weighted by Crippen LogP contribution is -2.23. The average Bonchev–Trinajstić information content (AvgIpc) is 2.60. The first-order chi connectivity index (χ1) is 7.13. The minimum atomic E-state index is -0.737. The molecule has 0 bridgehead atoms. The van der Waals surface area contributed by atoms with Crippen LogP contribution in [-0.2, 0) is 4.74 Å². The maximum atomic E-state index is 11.2. The van der Waals surface area contributed by atoms with E-state index in [9.17, 15) is 14.4 Å². The van der Waals surface area contributed by atoms with Crippen molar-refractivity contribution in [3.8, 4) is 0 Å². The molecule has 0 fully saturated rings. The molecule has 2 rings (SSSR count). The van der Waals surface area contributed by atoms with Gasteiger partial charge < -0.3 is 4.74 Å². The first-order valence-corrected chi connectivity index (χ1v) is 3.91. The Morgan fingerprint density at radius 2 is 2.20 bits per heavy atom. The predicted molar refractivity (Wildman–Crippen MR) is 48.8 cm³/mol. The summed E-state index contributed by atoms with van der Waals surface area (Å²) in [6, 6.07) is 0. The van der Waals surface area contributed by atoms with Crippen LogP contribution in [0.3, 0.4) is 0 Å². The number of rotatable bonds is 0. The Balaban J connectivity index is 2.86. The van der Waals surface area contributed by atoms with E-state index in [1.807, 2.05) is 4.98 Å². The highest BCUT2D eigenvalue weighted by Gasteiger charge is 2.12. The van der Waals surface area contributed by atoms with Crippen LogP contribution in [0.4, 0.5) is 4.79 Å². The number of H-pyrrole nitrogens is 2. The zero-order valence-corrected chi connectivity index (χ0v) is 7.60. The van der Waals surface area contributed by atoms with Gasteiger partial charge in [-0.3, -0.25) is 14.8 Å². The van der Waals surface area contributed by atoms with Gasteiger partial charge in [0.05, 0.1) is 7.11 Å². The van der Waals surface area contributed by atoms with Crippen molar-refractivity contribution in [2.24, 2.45) is 0 Å². The zero-order chi connectivity index (χ0) is 11.0. The lowest BCUT2D eigenvalue weighted by molar-refractivity contribution is 0.173. The lowest BCUT2D eigenvalue weighted by atomic mass is 10.5. The molecule has 0 aliphatic carbocycles. The summed E-state index contributed by atoms with van der Waals surface area (Å²) in [6.07, 6.45) is 0.362. The largest absolute Gasteiger partial charge is 0.452 e. The number of aromatic amines is 2. The van der Waals surface area contributed by atoms with Gasteiger partial charge >= 0.3 is 11.8 Å². The van der Waals surface area contributed by atoms with Gasteiger partial charge in [0.1, 0.15) is 6.33 Å². The molecule has 0 aromatic carbocycles. The molecular weight excluding hydrogens is 204 g/mol. The van der Waals surface area contributed by atoms with E-state index in [0.717, 1.165) is 10.9 Å². The Morgan fingerprint density at radius 1 is 1.47 bits per heavy atom. The summed E-state index contributed by atoms with van der Waals surface area (Å²) in [5.41, 5.74) is -1.38. The fourth-order valence-corrected chi connectivity index (χ4v) is 1.17. The quantitative estimate of drug-likeness (QED) is 0.581. The number of hydrogen-bond donors (Lipinski definition) is 2. The minimum absolute atomic E-state index is 0.00981. The highest BCUT2D eigenvalue weighted by molar-refractivity contribution is 5.82. The molecular formula is C7H6N4O4. The average molecular weight is 210 g/mol. The van der Waals surface area contributed by atoms with Gasteiger partial charge in [-0.05, 0) is 0 Å². The molecule has 2 aromatic rings. The van der Waals surface area contributed by atoms with E-state index in [2.05, 4.69) is 14.7 Å². The molecule has 0 saturated heterocycles. The number of aromatic nitrogens is 4. The lowest BCUT2D eigenvalue weighted by Gasteiger charge is -1.98. The second kappa shape index (κ2) is 3.08. The molecule has 0 aliphatic rings. The molecule has 0 aliphatic heterocycles. The van der Waals surface area contributed by atoms with E-state index < -0.39 is 17.3 Å². The van der Waals surface area contributed by atoms with Crippen molar-refractivity contribution in [2.45, 2.75) is 0 Å². The maximum absolute atomic E-state index is 11.2. The van der Waals surface area contributed by atoms with Crippen molar-refractivity contribution in [3.05, 3.63) is 27.2 Å². The number of carbonyl (C=O) groups is 1. The number of carbonyl (C=O) groups excluding carboxylic acids is 1. The number of hydrogen-bond acceptors (Lipinski definition) is 5. The van der Waals surface area contributed by atoms with Crippen molar-refractivity contribution in [1.82, 2.24) is 19.5 Å². The van der Waals surface area contributed by atoms with Gasteiger partial charge in [-0.15, -0.1) is 0 Å². The van der Waals surface area contributed by atoms with E-state index in [-0.39, 0.29) is 11.2 Å². The molecule has 2 aromatic heterocycles. The Labute approximate surface area is 81.5 Å². The van der Waals surface area contributed by atoms with Crippen LogP contribution >= 0.6 is 0 Å². The first kappa shape index (κ1) is 9.19. The van der Waals surface area contributed by atoms with Gasteiger partial charge in [-0.1, -0.05) is 0 Å². The molecule has 0 unspecified atom stereocenters. The second-order valence-electron chi connectivity index (χ2n) is 2.69. The third-order valence-corrected chi connectivity index (χ3v) is 1.81. The summed E-state index contributed by atoms with van der Waals surface area (Å²) in [5.74, 6) is 0. The number of nitrogens with one attached hydrogen (secondary N) is 2. The van der Waals surface area contributed by atoms with E-state index in [1.54, 1.807) is 0 Å². The van der Waals surface area contributed by atoms with Crippen LogP contribution in [0.2, 0.25) is 0 Å². The molecule has 2 heterocycles. The normalized spacial score (nSPS) is 10.5. The Morgan fingerprint density at radius 3 is 2.87 bits per heavy atom. The summed E-state index contributed by atoms with van der Waals surface area (Å²) in [6.45, 7) is 0. The van der Waals surface area contributed by atoms with Crippen molar-refractivity contribution in [3.63, 3.8) is 0 Å². The van der Waals surface area contributed by atoms with Crippen LogP contribution in [0.15, 0.2) is 15.9 Å². The number of nitrogens with zero attached hydrogens (tertiary/aromatic N) is 2. The van der Waals surface area contributed by atoms with Crippen LogP contribution in [0.5, 0.6) is 0 Å². The van der Waals surface area contributed by atoms with Gasteiger partial charge in [-0.25, -0.2) is 19.1 Å². The smallest absolute Gasteiger partial charge is 0.420 e. The predicted octanol–water partition coefficient (Wildman–Crippen LogP) is -0.973. The first-order valence-electron chi connectivity index (χ1n) is 3.91. The van der Waals surface area contributed by atoms with E-state index in [4.69, 9.17) is 0 Å². The fraction of sp³-hybridized carbons (Fsp3) is 0.143. The molecule has 0 amide bonds. The van der Waals surface area contributed by atoms with Crippen LogP contribution in [0.1, 0.15) is 0 Å². The van der Waals surface area contributed by atoms with Gasteiger partial charge in [0.15, 0.2) is 11.2 Å². The molecule has 15 heavy (non-hydrogen) atoms. The van der Waals surface area contributed by atoms with E-state index >= 15 is 0 Å². The molecule has 0 radical (unpaired) electrons. The van der Waals surface area contributed by atoms with Crippen LogP contribution in [-0.4, -0.2) is 32.7 Å². The van der Waals surface area contributed by atoms with Crippen molar-refractivity contribution >= 4 is 17.3 Å². The molecule has 2 N–H and O–H groups in total. The Hall–Kier alpha value is -2.38. The van der Waals surface area contributed by atoms with Crippen molar-refractivity contribution < 1.29 is 9.53 Å². The summed E-state index contributed by atoms with van der Waals surface area (Å²) < 4.78 is 5.37. The van der Waals surface area contributed by atoms with Gasteiger partial charge in [0, 0.05) is 0 Å². The van der Waals surface area contributed by atoms with Gasteiger partial charge in [0.25, 0.3) is 5.56 Å². The molecule has 0 saturated carbocycles. The molecule has 8 heteroatoms. The standard InChI is InChI=1S/C7H6N4O4/c1-15-7(14)11-2-8-3-4(11)9-6(13)10-5(3)12/h2H,1H3,(H2,9,10,12,13). The minimum Gasteiger partial charge on any atom is -0.452 e. The highest BCUT2D eigenvalue weighted by Crippen LogP contribution is 2.02. The van der Waals surface area contributed by atoms with Crippen molar-refractivity contribution in [1.29, 1.82) is 0 Å². The second-order valence-corrected chi connectivity index (χ2v) is 2.69. The van der Waals surface area contributed by atoms with Crippen LogP contribution in [0.25, 0.3) is 11.2 Å². The summed E-state index contributed by atoms with van der Waals surface area (Å²) >= 11 is 0. The maximum Gasteiger partial charge on any atom is 0.420 e. The fourth-order valence-electron chi connectivity index (χ4n) is 1.17. The monoisotopic (exact) mass is 210 g/mol. The third-order valence-electron chi connectivity index (χ3n) is 1.81. The highest BCUT2D eigenvalue weighted by atomic mass is 16.5. The summed E-state index contributed by atoms with van der Waals surface area (Å²) in [5, 5.41) is 0. The molecule has 0 atom stereocenters. The Kier molecular flexibility index (Phi) is 1.89. The van der Waals surface area contributed by atoms with Crippen LogP contribution < -0.4 is 11.2 Å². The Bertz CT molecular complexity index is 634. The van der Waals surface area contributed by atoms with E-state index in [0.29, 0.717) is 0 Å². The zero-order valence-electron chi connectivity index (χ0n) is 7.60.